The van der Waals surface area contributed by atoms with Crippen molar-refractivity contribution in [3.8, 4) is 0 Å². The lowest BCUT2D eigenvalue weighted by molar-refractivity contribution is 0.0278. The summed E-state index contributed by atoms with van der Waals surface area (Å²) in [4.78, 5) is 39.0. The number of rotatable bonds is 16. The first-order chi connectivity index (χ1) is 16.7. The molecule has 0 spiro atoms. The summed E-state index contributed by atoms with van der Waals surface area (Å²) in [7, 11) is 0.886. The summed E-state index contributed by atoms with van der Waals surface area (Å²) in [5.41, 5.74) is 0. The lowest BCUT2D eigenvalue weighted by Crippen LogP contribution is -2.39. The van der Waals surface area contributed by atoms with Gasteiger partial charge in [0.05, 0.1) is 19.1 Å². The number of hydrogen-bond acceptors (Lipinski definition) is 10. The molecule has 2 aliphatic heterocycles. The Morgan fingerprint density at radius 1 is 0.914 bits per heavy atom. The van der Waals surface area contributed by atoms with Crippen molar-refractivity contribution >= 4 is 26.8 Å². The third-order valence-electron chi connectivity index (χ3n) is 5.38. The Hall–Kier alpha value is -2.13. The summed E-state index contributed by atoms with van der Waals surface area (Å²) in [5.74, 6) is -0.553. The van der Waals surface area contributed by atoms with Crippen LogP contribution in [0.15, 0.2) is 0 Å². The van der Waals surface area contributed by atoms with Crippen LogP contribution in [0, 0.1) is 5.92 Å². The highest BCUT2D eigenvalue weighted by Crippen LogP contribution is 2.17. The van der Waals surface area contributed by atoms with Crippen molar-refractivity contribution < 1.29 is 46.9 Å². The molecule has 1 N–H and O–H groups in total. The predicted molar refractivity (Wildman–Crippen MR) is 125 cm³/mol. The average molecular weight is 522 g/mol. The minimum atomic E-state index is -2.24. The van der Waals surface area contributed by atoms with Gasteiger partial charge in [-0.1, -0.05) is 0 Å². The molecule has 14 heteroatoms. The highest BCUT2D eigenvalue weighted by Gasteiger charge is 2.34. The molecule has 2 saturated heterocycles. The predicted octanol–water partition coefficient (Wildman–Crippen LogP) is 1.71. The van der Waals surface area contributed by atoms with E-state index < -0.39 is 32.8 Å². The van der Waals surface area contributed by atoms with Crippen molar-refractivity contribution in [3.63, 3.8) is 0 Å². The second-order valence-electron chi connectivity index (χ2n) is 8.45. The Kier molecular flexibility index (Phi) is 12.0. The Morgan fingerprint density at radius 2 is 1.37 bits per heavy atom. The molecule has 3 amide bonds. The maximum Gasteiger partial charge on any atom is 0.411 e. The number of carbonyl (C=O) groups is 3. The molecule has 2 unspecified atom stereocenters. The van der Waals surface area contributed by atoms with E-state index in [0.717, 1.165) is 6.04 Å². The minimum absolute atomic E-state index is 0.104. The van der Waals surface area contributed by atoms with Gasteiger partial charge in [0.1, 0.15) is 19.8 Å². The zero-order chi connectivity index (χ0) is 25.8. The summed E-state index contributed by atoms with van der Waals surface area (Å²) < 4.78 is 37.5. The molecule has 0 aromatic heterocycles. The molecule has 13 nitrogen and oxygen atoms in total. The maximum absolute atomic E-state index is 12.2. The Labute approximate surface area is 207 Å². The lowest BCUT2D eigenvalue weighted by atomic mass is 10.2. The van der Waals surface area contributed by atoms with Gasteiger partial charge in [-0.3, -0.25) is 9.80 Å². The van der Waals surface area contributed by atoms with Gasteiger partial charge in [0.25, 0.3) is 0 Å². The van der Waals surface area contributed by atoms with Crippen molar-refractivity contribution in [3.05, 3.63) is 0 Å². The molecule has 2 fully saturated rings. The average Bonchev–Trinajstić information content (AvgIpc) is 3.73. The van der Waals surface area contributed by atoms with Gasteiger partial charge in [0, 0.05) is 33.9 Å². The minimum Gasteiger partial charge on any atom is -0.449 e. The van der Waals surface area contributed by atoms with Gasteiger partial charge in [0.2, 0.25) is 0 Å². The van der Waals surface area contributed by atoms with Crippen LogP contribution in [-0.4, -0.2) is 116 Å². The number of carbonyl (C=O) groups excluding carboxylic acids is 3. The van der Waals surface area contributed by atoms with Crippen molar-refractivity contribution in [2.24, 2.45) is 5.92 Å². The number of hydrogen-bond donors (Lipinski definition) is 1. The summed E-state index contributed by atoms with van der Waals surface area (Å²) in [6, 6.07) is 0.736. The fraction of sp³-hybridized carbons (Fsp3) is 0.857. The fourth-order valence-electron chi connectivity index (χ4n) is 3.14. The molecule has 2 heterocycles. The van der Waals surface area contributed by atoms with Gasteiger partial charge < -0.3 is 37.9 Å². The monoisotopic (exact) mass is 521 g/mol. The van der Waals surface area contributed by atoms with E-state index in [1.54, 1.807) is 14.1 Å². The molecule has 0 aromatic carbocycles. The fourth-order valence-corrected chi connectivity index (χ4v) is 5.55. The largest absolute Gasteiger partial charge is 0.449 e. The van der Waals surface area contributed by atoms with Crippen molar-refractivity contribution in [1.82, 2.24) is 15.1 Å². The van der Waals surface area contributed by atoms with Gasteiger partial charge in [0.15, 0.2) is 12.5 Å². The number of alkyl carbamates (subject to hydrolysis) is 1. The number of ether oxygens (including phenoxy) is 5. The summed E-state index contributed by atoms with van der Waals surface area (Å²) in [6.07, 6.45) is -1.66. The Bertz CT molecular complexity index is 652. The number of nitrogens with one attached hydrogen (secondary N) is 1. The van der Waals surface area contributed by atoms with E-state index in [-0.39, 0.29) is 32.3 Å². The van der Waals surface area contributed by atoms with E-state index in [1.807, 2.05) is 20.4 Å². The summed E-state index contributed by atoms with van der Waals surface area (Å²) >= 11 is 0. The van der Waals surface area contributed by atoms with Crippen LogP contribution in [0.1, 0.15) is 20.3 Å². The molecular formula is C21H39N3O10Si. The van der Waals surface area contributed by atoms with Gasteiger partial charge in [-0.05, 0) is 32.9 Å². The van der Waals surface area contributed by atoms with E-state index in [4.69, 9.17) is 32.5 Å². The molecule has 35 heavy (non-hydrogen) atoms. The van der Waals surface area contributed by atoms with Crippen molar-refractivity contribution in [2.45, 2.75) is 45.3 Å². The molecule has 0 saturated carbocycles. The number of amides is 3. The van der Waals surface area contributed by atoms with Crippen LogP contribution < -0.4 is 5.32 Å². The van der Waals surface area contributed by atoms with Crippen LogP contribution in [0.5, 0.6) is 0 Å². The third-order valence-corrected chi connectivity index (χ3v) is 8.44. The number of epoxide rings is 2. The van der Waals surface area contributed by atoms with E-state index >= 15 is 0 Å². The van der Waals surface area contributed by atoms with Crippen LogP contribution in [0.3, 0.4) is 0 Å². The number of nitrogens with zero attached hydrogens (tertiary/aromatic N) is 2. The van der Waals surface area contributed by atoms with E-state index in [2.05, 4.69) is 5.32 Å². The Morgan fingerprint density at radius 3 is 1.80 bits per heavy atom. The molecule has 2 atom stereocenters. The van der Waals surface area contributed by atoms with E-state index in [9.17, 15) is 14.4 Å². The van der Waals surface area contributed by atoms with Crippen LogP contribution in [0.4, 0.5) is 14.4 Å². The summed E-state index contributed by atoms with van der Waals surface area (Å²) in [6.45, 7) is 8.04. The lowest BCUT2D eigenvalue weighted by Gasteiger charge is -2.25. The molecule has 2 aliphatic rings. The van der Waals surface area contributed by atoms with Crippen molar-refractivity contribution in [2.75, 3.05) is 66.9 Å². The van der Waals surface area contributed by atoms with Crippen LogP contribution in [0.25, 0.3) is 0 Å². The van der Waals surface area contributed by atoms with E-state index in [1.165, 1.54) is 9.80 Å². The van der Waals surface area contributed by atoms with Gasteiger partial charge >= 0.3 is 26.8 Å². The van der Waals surface area contributed by atoms with Gasteiger partial charge in [-0.15, -0.1) is 0 Å². The van der Waals surface area contributed by atoms with Crippen LogP contribution in [0.2, 0.25) is 12.6 Å². The highest BCUT2D eigenvalue weighted by molar-refractivity contribution is 6.66. The Balaban J connectivity index is 1.74. The SMILES string of the molecule is CCO[Si](C)(CCCNC(=O)OCC(COC(=O)N(C)C1CO1)COC(=O)N(C)C1CO1)OCC. The smallest absolute Gasteiger partial charge is 0.411 e. The second kappa shape index (κ2) is 14.4. The van der Waals surface area contributed by atoms with Crippen LogP contribution >= 0.6 is 0 Å². The molecular weight excluding hydrogens is 482 g/mol. The molecule has 0 radical (unpaired) electrons. The third kappa shape index (κ3) is 11.0. The molecule has 2 rings (SSSR count). The number of likely N-dealkylation sites (N-methyl/N-ethyl adjacent to an activating group) is 2. The first-order valence-electron chi connectivity index (χ1n) is 11.9. The molecule has 0 aromatic rings. The molecule has 202 valence electrons. The zero-order valence-corrected chi connectivity index (χ0v) is 22.3. The van der Waals surface area contributed by atoms with Gasteiger partial charge in [-0.25, -0.2) is 14.4 Å². The van der Waals surface area contributed by atoms with E-state index in [0.29, 0.717) is 39.4 Å². The first-order valence-corrected chi connectivity index (χ1v) is 14.4. The zero-order valence-electron chi connectivity index (χ0n) is 21.3. The van der Waals surface area contributed by atoms with Crippen LogP contribution in [-0.2, 0) is 32.5 Å². The highest BCUT2D eigenvalue weighted by atomic mass is 28.4. The normalized spacial score (nSPS) is 19.3. The molecule has 0 bridgehead atoms. The standard InChI is InChI=1S/C21H39N3O10Si/c1-6-33-35(5,34-7-2)10-8-9-22-19(25)30-11-16(12-31-20(26)23(3)17-14-28-17)13-32-21(27)24(4)18-15-29-18/h16-18H,6-15H2,1-5H3,(H,22,25). The van der Waals surface area contributed by atoms with Crippen molar-refractivity contribution in [1.29, 1.82) is 0 Å². The maximum atomic E-state index is 12.2. The summed E-state index contributed by atoms with van der Waals surface area (Å²) in [5, 5.41) is 2.69. The molecule has 0 aliphatic carbocycles. The second-order valence-corrected chi connectivity index (χ2v) is 11.8. The van der Waals surface area contributed by atoms with Gasteiger partial charge in [-0.2, -0.15) is 0 Å². The topological polar surface area (TPSA) is 141 Å². The quantitative estimate of drug-likeness (QED) is 0.138. The first kappa shape index (κ1) is 29.1.